The molecule has 26 heavy (non-hydrogen) atoms. The Morgan fingerprint density at radius 1 is 0.885 bits per heavy atom. The molecule has 8 heteroatoms. The molecule has 0 saturated carbocycles. The van der Waals surface area contributed by atoms with Crippen molar-refractivity contribution in [3.8, 4) is 0 Å². The van der Waals surface area contributed by atoms with E-state index in [-0.39, 0.29) is 0 Å². The highest BCUT2D eigenvalue weighted by Gasteiger charge is 2.00. The highest BCUT2D eigenvalue weighted by Crippen LogP contribution is 2.14. The predicted octanol–water partition coefficient (Wildman–Crippen LogP) is 5.32. The van der Waals surface area contributed by atoms with Crippen molar-refractivity contribution >= 4 is 51.4 Å². The van der Waals surface area contributed by atoms with Crippen LogP contribution in [0.3, 0.4) is 0 Å². The quantitative estimate of drug-likeness (QED) is 0.293. The largest absolute Gasteiger partial charge is 0.277 e. The molecule has 0 fully saturated rings. The average Bonchev–Trinajstić information content (AvgIpc) is 2.58. The zero-order chi connectivity index (χ0) is 18.9. The minimum absolute atomic E-state index is 0.687. The highest BCUT2D eigenvalue weighted by atomic mass is 79.9. The molecule has 5 nitrogen and oxygen atoms in total. The Bertz CT molecular complexity index is 772. The molecular weight excluding hydrogens is 479 g/mol. The van der Waals surface area contributed by atoms with Gasteiger partial charge in [0.15, 0.2) is 0 Å². The molecule has 2 aromatic carbocycles. The Hall–Kier alpha value is -1.43. The summed E-state index contributed by atoms with van der Waals surface area (Å²) in [6.45, 7) is 3.79. The minimum atomic E-state index is -2.32. The number of benzene rings is 2. The van der Waals surface area contributed by atoms with E-state index in [1.807, 2.05) is 62.4 Å². The number of halogens is 2. The summed E-state index contributed by atoms with van der Waals surface area (Å²) in [4.78, 5) is 0. The van der Waals surface area contributed by atoms with E-state index in [1.165, 1.54) is 0 Å². The Balaban J connectivity index is 1.81. The lowest BCUT2D eigenvalue weighted by molar-refractivity contribution is 0.572. The maximum atomic E-state index is 12.0. The van der Waals surface area contributed by atoms with E-state index in [2.05, 4.69) is 52.5 Å². The molecule has 0 saturated heterocycles. The molecule has 2 rings (SSSR count). The normalized spacial score (nSPS) is 12.3. The topological polar surface area (TPSA) is 65.8 Å². The lowest BCUT2D eigenvalue weighted by atomic mass is 10.1. The van der Waals surface area contributed by atoms with Crippen molar-refractivity contribution in [3.05, 3.63) is 68.6 Å². The van der Waals surface area contributed by atoms with Crippen LogP contribution >= 0.6 is 40.0 Å². The molecule has 0 aliphatic heterocycles. The molecule has 0 unspecified atom stereocenters. The second kappa shape index (κ2) is 10.7. The first-order valence-electron chi connectivity index (χ1n) is 8.03. The summed E-state index contributed by atoms with van der Waals surface area (Å²) in [7, 11) is -2.32. The van der Waals surface area contributed by atoms with Crippen molar-refractivity contribution in [2.24, 2.45) is 10.2 Å². The standard InChI is InChI=1S/C18H21Br2N4OP/c1-13(9-15-5-3-7-17(19)11-15)21-23-26(25)24-22-14(2)10-16-6-4-8-18(20)12-16/h3-8,11-12,26H,9-10H2,1-2H3,(H2,23,24,25)/b21-13-,22-14-. The third-order valence-electron chi connectivity index (χ3n) is 3.39. The van der Waals surface area contributed by atoms with Crippen molar-refractivity contribution in [2.75, 3.05) is 0 Å². The molecule has 0 aromatic heterocycles. The zero-order valence-electron chi connectivity index (χ0n) is 14.6. The van der Waals surface area contributed by atoms with Crippen LogP contribution in [0.5, 0.6) is 0 Å². The number of rotatable bonds is 8. The molecule has 0 aliphatic carbocycles. The van der Waals surface area contributed by atoms with Crippen LogP contribution in [-0.4, -0.2) is 11.4 Å². The molecule has 0 atom stereocenters. The molecule has 0 spiro atoms. The van der Waals surface area contributed by atoms with Crippen LogP contribution in [0.15, 0.2) is 67.7 Å². The third-order valence-corrected chi connectivity index (χ3v) is 5.01. The van der Waals surface area contributed by atoms with Gasteiger partial charge >= 0.3 is 0 Å². The van der Waals surface area contributed by atoms with Crippen molar-refractivity contribution in [3.63, 3.8) is 0 Å². The van der Waals surface area contributed by atoms with Crippen LogP contribution < -0.4 is 10.4 Å². The van der Waals surface area contributed by atoms with Crippen molar-refractivity contribution < 1.29 is 4.57 Å². The van der Waals surface area contributed by atoms with Gasteiger partial charge in [-0.2, -0.15) is 10.2 Å². The summed E-state index contributed by atoms with van der Waals surface area (Å²) >= 11 is 6.90. The van der Waals surface area contributed by atoms with Crippen LogP contribution in [-0.2, 0) is 17.4 Å². The van der Waals surface area contributed by atoms with Crippen LogP contribution in [0.1, 0.15) is 25.0 Å². The maximum Gasteiger partial charge on any atom is 0.276 e. The number of hydrogen-bond donors (Lipinski definition) is 2. The fraction of sp³-hybridized carbons (Fsp3) is 0.222. The maximum absolute atomic E-state index is 12.0. The number of hydrogen-bond acceptors (Lipinski definition) is 3. The van der Waals surface area contributed by atoms with Crippen LogP contribution in [0.4, 0.5) is 0 Å². The predicted molar refractivity (Wildman–Crippen MR) is 117 cm³/mol. The van der Waals surface area contributed by atoms with Gasteiger partial charge in [-0.25, -0.2) is 10.4 Å². The van der Waals surface area contributed by atoms with E-state index in [0.717, 1.165) is 31.5 Å². The molecule has 2 aromatic rings. The second-order valence-electron chi connectivity index (χ2n) is 5.86. The van der Waals surface area contributed by atoms with E-state index in [1.54, 1.807) is 0 Å². The molecule has 138 valence electrons. The van der Waals surface area contributed by atoms with E-state index in [9.17, 15) is 4.57 Å². The van der Waals surface area contributed by atoms with Gasteiger partial charge in [-0.1, -0.05) is 56.1 Å². The molecule has 2 N–H and O–H groups in total. The van der Waals surface area contributed by atoms with Crippen molar-refractivity contribution in [1.29, 1.82) is 0 Å². The summed E-state index contributed by atoms with van der Waals surface area (Å²) in [6, 6.07) is 16.0. The zero-order valence-corrected chi connectivity index (χ0v) is 18.8. The van der Waals surface area contributed by atoms with Gasteiger partial charge in [0.1, 0.15) is 0 Å². The lowest BCUT2D eigenvalue weighted by Crippen LogP contribution is -2.10. The number of hydrazone groups is 2. The Morgan fingerprint density at radius 3 is 1.69 bits per heavy atom. The van der Waals surface area contributed by atoms with Gasteiger partial charge in [0.2, 0.25) is 0 Å². The lowest BCUT2D eigenvalue weighted by Gasteiger charge is -2.06. The second-order valence-corrected chi connectivity index (χ2v) is 8.80. The molecule has 0 amide bonds. The molecule has 0 heterocycles. The summed E-state index contributed by atoms with van der Waals surface area (Å²) in [5.41, 5.74) is 3.96. The van der Waals surface area contributed by atoms with Crippen LogP contribution in [0, 0.1) is 0 Å². The van der Waals surface area contributed by atoms with Gasteiger partial charge in [0.25, 0.3) is 8.10 Å². The van der Waals surface area contributed by atoms with E-state index < -0.39 is 8.10 Å². The van der Waals surface area contributed by atoms with Gasteiger partial charge in [0.05, 0.1) is 0 Å². The highest BCUT2D eigenvalue weighted by molar-refractivity contribution is 9.10. The van der Waals surface area contributed by atoms with Crippen molar-refractivity contribution in [1.82, 2.24) is 10.4 Å². The molecule has 0 aliphatic rings. The smallest absolute Gasteiger partial charge is 0.276 e. The summed E-state index contributed by atoms with van der Waals surface area (Å²) in [6.07, 6.45) is 1.37. The van der Waals surface area contributed by atoms with Crippen LogP contribution in [0.2, 0.25) is 0 Å². The van der Waals surface area contributed by atoms with Gasteiger partial charge in [-0.15, -0.1) is 0 Å². The number of nitrogens with one attached hydrogen (secondary N) is 2. The number of nitrogens with zero attached hydrogens (tertiary/aromatic N) is 2. The van der Waals surface area contributed by atoms with Gasteiger partial charge in [0, 0.05) is 33.2 Å². The summed E-state index contributed by atoms with van der Waals surface area (Å²) < 4.78 is 14.1. The minimum Gasteiger partial charge on any atom is -0.277 e. The fourth-order valence-corrected chi connectivity index (χ4v) is 3.81. The van der Waals surface area contributed by atoms with E-state index in [0.29, 0.717) is 12.8 Å². The van der Waals surface area contributed by atoms with Gasteiger partial charge in [-0.3, -0.25) is 4.57 Å². The Kier molecular flexibility index (Phi) is 8.55. The van der Waals surface area contributed by atoms with Crippen molar-refractivity contribution in [2.45, 2.75) is 26.7 Å². The van der Waals surface area contributed by atoms with E-state index >= 15 is 0 Å². The summed E-state index contributed by atoms with van der Waals surface area (Å²) in [5.74, 6) is 0. The summed E-state index contributed by atoms with van der Waals surface area (Å²) in [5, 5.41) is 13.6. The average molecular weight is 500 g/mol. The van der Waals surface area contributed by atoms with Gasteiger partial charge < -0.3 is 0 Å². The Morgan fingerprint density at radius 2 is 1.31 bits per heavy atom. The third kappa shape index (κ3) is 7.85. The SMILES string of the molecule is C/C(Cc1cccc(Br)c1)=N/N[PH](=O)N/N=C(/C)Cc1cccc(Br)c1. The molecule has 0 bridgehead atoms. The first-order chi connectivity index (χ1) is 12.4. The molecule has 0 radical (unpaired) electrons. The Labute approximate surface area is 171 Å². The first-order valence-corrected chi connectivity index (χ1v) is 11.0. The monoisotopic (exact) mass is 498 g/mol. The van der Waals surface area contributed by atoms with E-state index in [4.69, 9.17) is 0 Å². The van der Waals surface area contributed by atoms with Gasteiger partial charge in [-0.05, 0) is 49.2 Å². The molecular formula is C18H21Br2N4OP. The van der Waals surface area contributed by atoms with Crippen LogP contribution in [0.25, 0.3) is 0 Å². The fourth-order valence-electron chi connectivity index (χ4n) is 2.28. The first kappa shape index (κ1) is 20.9.